The van der Waals surface area contributed by atoms with E-state index in [0.717, 1.165) is 36.1 Å². The molecular weight excluding hydrogens is 354 g/mol. The average Bonchev–Trinajstić information content (AvgIpc) is 3.14. The van der Waals surface area contributed by atoms with Crippen molar-refractivity contribution < 1.29 is 14.5 Å². The van der Waals surface area contributed by atoms with Crippen molar-refractivity contribution in [2.75, 3.05) is 13.1 Å². The normalized spacial score (nSPS) is 18.4. The highest BCUT2D eigenvalue weighted by atomic mass is 16.7. The molecule has 1 amide bonds. The third kappa shape index (κ3) is 4.34. The standard InChI is InChI=1S/C22H25N3O3/c1-17-7-9-18(10-8-17)16-23-21(26)27-25-13-11-22(12-14-25)15-20(24-28-22)19-5-3-2-4-6-19/h2-10H,11-16H2,1H3,(H,23,26). The van der Waals surface area contributed by atoms with Gasteiger partial charge in [0.05, 0.1) is 5.71 Å². The van der Waals surface area contributed by atoms with Crippen LogP contribution in [0.3, 0.4) is 0 Å². The van der Waals surface area contributed by atoms with Gasteiger partial charge in [-0.05, 0) is 18.1 Å². The molecule has 28 heavy (non-hydrogen) atoms. The molecule has 6 nitrogen and oxygen atoms in total. The van der Waals surface area contributed by atoms with E-state index in [1.807, 2.05) is 49.4 Å². The highest BCUT2D eigenvalue weighted by Gasteiger charge is 2.43. The maximum atomic E-state index is 12.1. The first-order valence-electron chi connectivity index (χ1n) is 9.69. The third-order valence-corrected chi connectivity index (χ3v) is 5.35. The fraction of sp³-hybridized carbons (Fsp3) is 0.364. The molecule has 0 aromatic heterocycles. The van der Waals surface area contributed by atoms with Crippen molar-refractivity contribution in [3.8, 4) is 0 Å². The van der Waals surface area contributed by atoms with E-state index in [2.05, 4.69) is 22.6 Å². The van der Waals surface area contributed by atoms with Gasteiger partial charge >= 0.3 is 6.09 Å². The zero-order valence-electron chi connectivity index (χ0n) is 16.1. The molecule has 0 aliphatic carbocycles. The Labute approximate surface area is 165 Å². The van der Waals surface area contributed by atoms with Crippen molar-refractivity contribution >= 4 is 11.8 Å². The first kappa shape index (κ1) is 18.5. The maximum Gasteiger partial charge on any atom is 0.426 e. The monoisotopic (exact) mass is 379 g/mol. The quantitative estimate of drug-likeness (QED) is 0.878. The molecule has 2 heterocycles. The van der Waals surface area contributed by atoms with Crippen LogP contribution in [0.1, 0.15) is 36.0 Å². The summed E-state index contributed by atoms with van der Waals surface area (Å²) in [6, 6.07) is 18.2. The second-order valence-corrected chi connectivity index (χ2v) is 7.50. The molecule has 0 radical (unpaired) electrons. The lowest BCUT2D eigenvalue weighted by atomic mass is 9.86. The van der Waals surface area contributed by atoms with Crippen molar-refractivity contribution in [1.29, 1.82) is 0 Å². The van der Waals surface area contributed by atoms with Crippen molar-refractivity contribution in [2.24, 2.45) is 5.16 Å². The van der Waals surface area contributed by atoms with Crippen molar-refractivity contribution in [3.63, 3.8) is 0 Å². The topological polar surface area (TPSA) is 63.2 Å². The highest BCUT2D eigenvalue weighted by Crippen LogP contribution is 2.36. The fourth-order valence-corrected chi connectivity index (χ4v) is 3.59. The minimum absolute atomic E-state index is 0.274. The number of hydroxylamine groups is 2. The van der Waals surface area contributed by atoms with E-state index in [1.54, 1.807) is 5.06 Å². The number of amides is 1. The number of rotatable bonds is 4. The van der Waals surface area contributed by atoms with Gasteiger partial charge in [-0.1, -0.05) is 65.3 Å². The van der Waals surface area contributed by atoms with Crippen molar-refractivity contribution in [1.82, 2.24) is 10.4 Å². The maximum absolute atomic E-state index is 12.1. The highest BCUT2D eigenvalue weighted by molar-refractivity contribution is 6.01. The SMILES string of the molecule is Cc1ccc(CNC(=O)ON2CCC3(CC2)CC(c2ccccc2)=NO3)cc1. The van der Waals surface area contributed by atoms with Crippen LogP contribution < -0.4 is 5.32 Å². The molecular formula is C22H25N3O3. The van der Waals surface area contributed by atoms with Crippen molar-refractivity contribution in [2.45, 2.75) is 38.3 Å². The molecule has 0 bridgehead atoms. The van der Waals surface area contributed by atoms with Gasteiger partial charge in [-0.15, -0.1) is 5.06 Å². The molecule has 0 unspecified atom stereocenters. The number of oxime groups is 1. The number of piperidine rings is 1. The van der Waals surface area contributed by atoms with Gasteiger partial charge in [-0.3, -0.25) is 0 Å². The van der Waals surface area contributed by atoms with Crippen LogP contribution in [0.4, 0.5) is 4.79 Å². The van der Waals surface area contributed by atoms with Crippen LogP contribution in [0.2, 0.25) is 0 Å². The van der Waals surface area contributed by atoms with Crippen molar-refractivity contribution in [3.05, 3.63) is 71.3 Å². The lowest BCUT2D eigenvalue weighted by molar-refractivity contribution is -0.157. The summed E-state index contributed by atoms with van der Waals surface area (Å²) in [5.74, 6) is 0. The van der Waals surface area contributed by atoms with E-state index < -0.39 is 6.09 Å². The molecule has 2 aromatic rings. The Bertz CT molecular complexity index is 841. The molecule has 2 aliphatic heterocycles. The molecule has 0 saturated carbocycles. The third-order valence-electron chi connectivity index (χ3n) is 5.35. The zero-order chi connectivity index (χ0) is 19.4. The zero-order valence-corrected chi connectivity index (χ0v) is 16.1. The number of nitrogens with one attached hydrogen (secondary N) is 1. The number of hydrogen-bond donors (Lipinski definition) is 1. The number of nitrogens with zero attached hydrogens (tertiary/aromatic N) is 2. The summed E-state index contributed by atoms with van der Waals surface area (Å²) in [4.78, 5) is 23.3. The number of aryl methyl sites for hydroxylation is 1. The van der Waals surface area contributed by atoms with Crippen LogP contribution in [-0.4, -0.2) is 35.6 Å². The van der Waals surface area contributed by atoms with Crippen LogP contribution in [-0.2, 0) is 16.2 Å². The second-order valence-electron chi connectivity index (χ2n) is 7.50. The van der Waals surface area contributed by atoms with Crippen LogP contribution in [0.25, 0.3) is 0 Å². The van der Waals surface area contributed by atoms with Crippen LogP contribution in [0.15, 0.2) is 59.8 Å². The Hall–Kier alpha value is -2.86. The summed E-state index contributed by atoms with van der Waals surface area (Å²) in [7, 11) is 0. The Kier molecular flexibility index (Phi) is 5.30. The molecule has 1 spiro atoms. The van der Waals surface area contributed by atoms with E-state index in [1.165, 1.54) is 5.56 Å². The van der Waals surface area contributed by atoms with Gasteiger partial charge < -0.3 is 15.0 Å². The first-order chi connectivity index (χ1) is 13.6. The van der Waals surface area contributed by atoms with Crippen LogP contribution in [0.5, 0.6) is 0 Å². The molecule has 146 valence electrons. The summed E-state index contributed by atoms with van der Waals surface area (Å²) in [6.45, 7) is 3.76. The van der Waals surface area contributed by atoms with Gasteiger partial charge in [-0.25, -0.2) is 4.79 Å². The van der Waals surface area contributed by atoms with Crippen LogP contribution >= 0.6 is 0 Å². The van der Waals surface area contributed by atoms with Gasteiger partial charge in [-0.2, -0.15) is 0 Å². The number of carbonyl (C=O) groups excluding carboxylic acids is 1. The largest absolute Gasteiger partial charge is 0.426 e. The Morgan fingerprint density at radius 1 is 1.14 bits per heavy atom. The van der Waals surface area contributed by atoms with Gasteiger partial charge in [0.15, 0.2) is 0 Å². The van der Waals surface area contributed by atoms with Gasteiger partial charge in [0.2, 0.25) is 0 Å². The predicted molar refractivity (Wildman–Crippen MR) is 107 cm³/mol. The molecule has 1 saturated heterocycles. The number of hydrogen-bond acceptors (Lipinski definition) is 5. The summed E-state index contributed by atoms with van der Waals surface area (Å²) in [6.07, 6.45) is 1.92. The van der Waals surface area contributed by atoms with Gasteiger partial charge in [0.1, 0.15) is 5.60 Å². The summed E-state index contributed by atoms with van der Waals surface area (Å²) in [5.41, 5.74) is 4.06. The number of benzene rings is 2. The van der Waals surface area contributed by atoms with Gasteiger partial charge in [0, 0.05) is 38.9 Å². The Balaban J connectivity index is 1.22. The fourth-order valence-electron chi connectivity index (χ4n) is 3.59. The molecule has 1 fully saturated rings. The minimum atomic E-state index is -0.426. The Morgan fingerprint density at radius 2 is 1.86 bits per heavy atom. The Morgan fingerprint density at radius 3 is 2.57 bits per heavy atom. The summed E-state index contributed by atoms with van der Waals surface area (Å²) < 4.78 is 0. The molecule has 4 rings (SSSR count). The lowest BCUT2D eigenvalue weighted by Gasteiger charge is -2.35. The molecule has 0 atom stereocenters. The van der Waals surface area contributed by atoms with Crippen LogP contribution in [0, 0.1) is 6.92 Å². The van der Waals surface area contributed by atoms with E-state index in [4.69, 9.17) is 9.68 Å². The summed E-state index contributed by atoms with van der Waals surface area (Å²) in [5, 5.41) is 8.82. The lowest BCUT2D eigenvalue weighted by Crippen LogP contribution is -2.46. The molecule has 2 aromatic carbocycles. The molecule has 2 aliphatic rings. The predicted octanol–water partition coefficient (Wildman–Crippen LogP) is 3.80. The molecule has 6 heteroatoms. The van der Waals surface area contributed by atoms with E-state index >= 15 is 0 Å². The van der Waals surface area contributed by atoms with Gasteiger partial charge in [0.25, 0.3) is 0 Å². The first-order valence-corrected chi connectivity index (χ1v) is 9.69. The minimum Gasteiger partial charge on any atom is -0.388 e. The number of carbonyl (C=O) groups is 1. The molecule has 1 N–H and O–H groups in total. The van der Waals surface area contributed by atoms with E-state index in [0.29, 0.717) is 19.6 Å². The summed E-state index contributed by atoms with van der Waals surface area (Å²) >= 11 is 0. The second kappa shape index (κ2) is 8.02. The van der Waals surface area contributed by atoms with E-state index in [9.17, 15) is 4.79 Å². The smallest absolute Gasteiger partial charge is 0.388 e. The van der Waals surface area contributed by atoms with E-state index in [-0.39, 0.29) is 5.60 Å². The average molecular weight is 379 g/mol.